The molecule has 0 saturated heterocycles. The van der Waals surface area contributed by atoms with Gasteiger partial charge in [-0.15, -0.1) is 0 Å². The minimum Gasteiger partial charge on any atom is -0.497 e. The van der Waals surface area contributed by atoms with Gasteiger partial charge in [-0.05, 0) is 12.1 Å². The van der Waals surface area contributed by atoms with Crippen LogP contribution in [0.4, 0.5) is 14.5 Å². The van der Waals surface area contributed by atoms with E-state index in [0.29, 0.717) is 17.5 Å². The van der Waals surface area contributed by atoms with Crippen LogP contribution in [0.3, 0.4) is 0 Å². The lowest BCUT2D eigenvalue weighted by Crippen LogP contribution is -2.16. The lowest BCUT2D eigenvalue weighted by Gasteiger charge is -2.10. The van der Waals surface area contributed by atoms with Gasteiger partial charge >= 0.3 is 0 Å². The van der Waals surface area contributed by atoms with E-state index in [1.54, 1.807) is 6.07 Å². The predicted octanol–water partition coefficient (Wildman–Crippen LogP) is 2.49. The van der Waals surface area contributed by atoms with Gasteiger partial charge in [0.25, 0.3) is 10.0 Å². The Morgan fingerprint density at radius 3 is 2.77 bits per heavy atom. The van der Waals surface area contributed by atoms with Gasteiger partial charge in [0.05, 0.1) is 31.5 Å². The quantitative estimate of drug-likeness (QED) is 0.736. The van der Waals surface area contributed by atoms with Crippen molar-refractivity contribution >= 4 is 21.4 Å². The Balaban J connectivity index is 2.00. The molecule has 0 atom stereocenters. The van der Waals surface area contributed by atoms with Gasteiger partial charge in [-0.2, -0.15) is 13.7 Å². The van der Waals surface area contributed by atoms with Crippen LogP contribution in [0.2, 0.25) is 0 Å². The van der Waals surface area contributed by atoms with Crippen LogP contribution >= 0.6 is 0 Å². The predicted molar refractivity (Wildman–Crippen MR) is 88.2 cm³/mol. The number of hydrogen-bond acceptors (Lipinski definition) is 5. The van der Waals surface area contributed by atoms with Crippen LogP contribution in [0.25, 0.3) is 5.65 Å². The van der Waals surface area contributed by atoms with Crippen LogP contribution < -0.4 is 9.46 Å². The highest BCUT2D eigenvalue weighted by molar-refractivity contribution is 7.92. The maximum absolute atomic E-state index is 14.1. The number of benzene rings is 1. The molecule has 0 radical (unpaired) electrons. The van der Waals surface area contributed by atoms with Crippen molar-refractivity contribution in [3.63, 3.8) is 0 Å². The summed E-state index contributed by atoms with van der Waals surface area (Å²) in [5, 5.41) is 8.33. The fraction of sp³-hybridized carbons (Fsp3) is 0.125. The van der Waals surface area contributed by atoms with Crippen molar-refractivity contribution in [3.05, 3.63) is 53.9 Å². The molecule has 0 amide bonds. The third kappa shape index (κ3) is 3.16. The number of pyridine rings is 1. The summed E-state index contributed by atoms with van der Waals surface area (Å²) in [4.78, 5) is 3.97. The minimum atomic E-state index is -4.24. The number of hydrogen-bond donors (Lipinski definition) is 1. The first-order chi connectivity index (χ1) is 12.4. The zero-order valence-corrected chi connectivity index (χ0v) is 14.2. The number of halogens is 2. The fourth-order valence-corrected chi connectivity index (χ4v) is 3.50. The van der Waals surface area contributed by atoms with Gasteiger partial charge in [0.1, 0.15) is 23.0 Å². The molecule has 10 heteroatoms. The van der Waals surface area contributed by atoms with Crippen molar-refractivity contribution in [2.75, 3.05) is 11.8 Å². The number of nitriles is 1. The highest BCUT2D eigenvalue weighted by atomic mass is 32.2. The van der Waals surface area contributed by atoms with Crippen LogP contribution in [0.15, 0.2) is 41.7 Å². The number of sulfonamides is 1. The normalized spacial score (nSPS) is 11.3. The molecule has 0 unspecified atom stereocenters. The molecule has 0 aliphatic heterocycles. The molecule has 0 aliphatic rings. The van der Waals surface area contributed by atoms with Gasteiger partial charge < -0.3 is 4.74 Å². The van der Waals surface area contributed by atoms with Crippen molar-refractivity contribution in [1.82, 2.24) is 9.38 Å². The maximum atomic E-state index is 14.1. The average Bonchev–Trinajstić information content (AvgIpc) is 3.03. The highest BCUT2D eigenvalue weighted by Crippen LogP contribution is 2.24. The SMILES string of the molecule is COc1ccn2c(S(=O)(=O)Nc3cc(F)c(CC#N)cc3F)cnc2c1. The third-order valence-corrected chi connectivity index (χ3v) is 4.95. The molecule has 1 N–H and O–H groups in total. The smallest absolute Gasteiger partial charge is 0.279 e. The number of nitrogens with zero attached hydrogens (tertiary/aromatic N) is 3. The molecule has 2 aromatic heterocycles. The molecule has 3 aromatic rings. The molecular weight excluding hydrogens is 366 g/mol. The molecule has 26 heavy (non-hydrogen) atoms. The van der Waals surface area contributed by atoms with Crippen molar-refractivity contribution in [2.45, 2.75) is 11.4 Å². The van der Waals surface area contributed by atoms with E-state index in [1.807, 2.05) is 4.72 Å². The maximum Gasteiger partial charge on any atom is 0.279 e. The zero-order chi connectivity index (χ0) is 18.9. The van der Waals surface area contributed by atoms with E-state index >= 15 is 0 Å². The van der Waals surface area contributed by atoms with Crippen LogP contribution in [0.1, 0.15) is 5.56 Å². The molecule has 0 spiro atoms. The van der Waals surface area contributed by atoms with Gasteiger partial charge in [0.2, 0.25) is 0 Å². The molecule has 7 nitrogen and oxygen atoms in total. The second-order valence-electron chi connectivity index (χ2n) is 5.26. The monoisotopic (exact) mass is 378 g/mol. The van der Waals surface area contributed by atoms with E-state index in [-0.39, 0.29) is 17.0 Å². The van der Waals surface area contributed by atoms with Gasteiger partial charge in [-0.3, -0.25) is 9.12 Å². The van der Waals surface area contributed by atoms with Crippen molar-refractivity contribution in [1.29, 1.82) is 5.26 Å². The number of methoxy groups -OCH3 is 1. The van der Waals surface area contributed by atoms with Gasteiger partial charge in [0.15, 0.2) is 5.03 Å². The molecule has 0 bridgehead atoms. The Labute approximate surface area is 147 Å². The molecular formula is C16H12F2N4O3S. The summed E-state index contributed by atoms with van der Waals surface area (Å²) in [6.45, 7) is 0. The summed E-state index contributed by atoms with van der Waals surface area (Å²) in [5.74, 6) is -1.38. The first-order valence-corrected chi connectivity index (χ1v) is 8.73. The molecule has 0 fully saturated rings. The number of fused-ring (bicyclic) bond motifs is 1. The first-order valence-electron chi connectivity index (χ1n) is 7.24. The van der Waals surface area contributed by atoms with E-state index in [1.165, 1.54) is 29.8 Å². The summed E-state index contributed by atoms with van der Waals surface area (Å²) in [5.41, 5.74) is -0.414. The Morgan fingerprint density at radius 2 is 2.08 bits per heavy atom. The number of nitrogens with one attached hydrogen (secondary N) is 1. The second kappa shape index (κ2) is 6.61. The van der Waals surface area contributed by atoms with E-state index in [0.717, 1.165) is 12.3 Å². The summed E-state index contributed by atoms with van der Waals surface area (Å²) in [6, 6.07) is 6.25. The fourth-order valence-electron chi connectivity index (χ4n) is 2.35. The molecule has 1 aromatic carbocycles. The summed E-state index contributed by atoms with van der Waals surface area (Å²) in [6.07, 6.45) is 2.20. The lowest BCUT2D eigenvalue weighted by molar-refractivity contribution is 0.414. The van der Waals surface area contributed by atoms with Crippen LogP contribution in [-0.4, -0.2) is 24.9 Å². The summed E-state index contributed by atoms with van der Waals surface area (Å²) >= 11 is 0. The Bertz CT molecular complexity index is 1140. The number of aromatic nitrogens is 2. The number of rotatable bonds is 5. The van der Waals surface area contributed by atoms with Crippen LogP contribution in [-0.2, 0) is 16.4 Å². The van der Waals surface area contributed by atoms with Crippen molar-refractivity contribution < 1.29 is 21.9 Å². The number of ether oxygens (including phenoxy) is 1. The molecule has 3 rings (SSSR count). The molecule has 134 valence electrons. The minimum absolute atomic E-state index is 0.158. The topological polar surface area (TPSA) is 96.5 Å². The van der Waals surface area contributed by atoms with Gasteiger partial charge in [-0.1, -0.05) is 0 Å². The van der Waals surface area contributed by atoms with E-state index in [4.69, 9.17) is 10.00 Å². The Kier molecular flexibility index (Phi) is 4.48. The molecule has 0 aliphatic carbocycles. The van der Waals surface area contributed by atoms with Crippen LogP contribution in [0.5, 0.6) is 5.75 Å². The average molecular weight is 378 g/mol. The summed E-state index contributed by atoms with van der Waals surface area (Å²) in [7, 11) is -2.78. The zero-order valence-electron chi connectivity index (χ0n) is 13.4. The largest absolute Gasteiger partial charge is 0.497 e. The van der Waals surface area contributed by atoms with E-state index < -0.39 is 27.3 Å². The van der Waals surface area contributed by atoms with Gasteiger partial charge in [0, 0.05) is 23.9 Å². The highest BCUT2D eigenvalue weighted by Gasteiger charge is 2.22. The number of imidazole rings is 1. The second-order valence-corrected chi connectivity index (χ2v) is 6.88. The van der Waals surface area contributed by atoms with E-state index in [9.17, 15) is 17.2 Å². The standard InChI is InChI=1S/C16H12F2N4O3S/c1-25-11-3-5-22-15(7-11)20-9-16(22)26(23,24)21-14-8-12(17)10(2-4-19)6-13(14)18/h3,5-9,21H,2H2,1H3. The van der Waals surface area contributed by atoms with Crippen molar-refractivity contribution in [2.24, 2.45) is 0 Å². The Morgan fingerprint density at radius 1 is 1.31 bits per heavy atom. The van der Waals surface area contributed by atoms with Crippen molar-refractivity contribution in [3.8, 4) is 11.8 Å². The number of anilines is 1. The summed E-state index contributed by atoms with van der Waals surface area (Å²) < 4.78 is 61.4. The third-order valence-electron chi connectivity index (χ3n) is 3.61. The molecule has 0 saturated carbocycles. The Hall–Kier alpha value is -3.19. The molecule has 2 heterocycles. The van der Waals surface area contributed by atoms with Gasteiger partial charge in [-0.25, -0.2) is 13.8 Å². The lowest BCUT2D eigenvalue weighted by atomic mass is 10.1. The first kappa shape index (κ1) is 17.6. The van der Waals surface area contributed by atoms with E-state index in [2.05, 4.69) is 4.98 Å². The van der Waals surface area contributed by atoms with Crippen LogP contribution in [0, 0.1) is 23.0 Å².